The van der Waals surface area contributed by atoms with Gasteiger partial charge >= 0.3 is 11.9 Å². The van der Waals surface area contributed by atoms with Crippen molar-refractivity contribution in [2.45, 2.75) is 59.2 Å². The lowest BCUT2D eigenvalue weighted by Crippen LogP contribution is -2.28. The highest BCUT2D eigenvalue weighted by molar-refractivity contribution is 5.87. The van der Waals surface area contributed by atoms with E-state index in [1.165, 1.54) is 0 Å². The number of carbonyl (C=O) groups excluding carboxylic acids is 2. The Labute approximate surface area is 103 Å². The fourth-order valence-corrected chi connectivity index (χ4v) is 1.47. The second kappa shape index (κ2) is 4.31. The highest BCUT2D eigenvalue weighted by atomic mass is 16.6. The van der Waals surface area contributed by atoms with Crippen LogP contribution in [0.1, 0.15) is 48.0 Å². The van der Waals surface area contributed by atoms with Crippen molar-refractivity contribution in [3.63, 3.8) is 0 Å². The average molecular weight is 242 g/mol. The van der Waals surface area contributed by atoms with Crippen LogP contribution in [0.25, 0.3) is 0 Å². The van der Waals surface area contributed by atoms with E-state index in [0.717, 1.165) is 0 Å². The van der Waals surface area contributed by atoms with Crippen LogP contribution in [0.3, 0.4) is 0 Å². The van der Waals surface area contributed by atoms with Gasteiger partial charge in [-0.25, -0.2) is 0 Å². The van der Waals surface area contributed by atoms with Gasteiger partial charge < -0.3 is 9.47 Å². The number of esters is 2. The molecule has 1 aliphatic rings. The van der Waals surface area contributed by atoms with Crippen LogP contribution >= 0.6 is 0 Å². The van der Waals surface area contributed by atoms with E-state index in [-0.39, 0.29) is 23.8 Å². The maximum Gasteiger partial charge on any atom is 0.310 e. The first-order valence-corrected chi connectivity index (χ1v) is 5.95. The number of hydrogen-bond donors (Lipinski definition) is 0. The van der Waals surface area contributed by atoms with Crippen molar-refractivity contribution in [2.24, 2.45) is 11.8 Å². The van der Waals surface area contributed by atoms with Crippen LogP contribution in [0.5, 0.6) is 0 Å². The largest absolute Gasteiger partial charge is 0.460 e. The fourth-order valence-electron chi connectivity index (χ4n) is 1.47. The summed E-state index contributed by atoms with van der Waals surface area (Å²) in [5.74, 6) is -1.23. The van der Waals surface area contributed by atoms with E-state index in [1.54, 1.807) is 0 Å². The predicted molar refractivity (Wildman–Crippen MR) is 63.3 cm³/mol. The van der Waals surface area contributed by atoms with Gasteiger partial charge in [0.25, 0.3) is 0 Å². The molecule has 1 fully saturated rings. The van der Waals surface area contributed by atoms with Crippen molar-refractivity contribution in [3.8, 4) is 0 Å². The number of rotatable bonds is 2. The maximum absolute atomic E-state index is 11.7. The first-order chi connectivity index (χ1) is 7.49. The Morgan fingerprint density at radius 2 is 1.12 bits per heavy atom. The van der Waals surface area contributed by atoms with E-state index in [0.29, 0.717) is 6.42 Å². The van der Waals surface area contributed by atoms with Crippen molar-refractivity contribution >= 4 is 11.9 Å². The molecule has 17 heavy (non-hydrogen) atoms. The Hall–Kier alpha value is -1.06. The quantitative estimate of drug-likeness (QED) is 0.697. The molecule has 0 amide bonds. The summed E-state index contributed by atoms with van der Waals surface area (Å²) in [7, 11) is 0. The third-order valence-electron chi connectivity index (χ3n) is 2.21. The van der Waals surface area contributed by atoms with Crippen molar-refractivity contribution in [1.82, 2.24) is 0 Å². The highest BCUT2D eigenvalue weighted by Gasteiger charge is 2.51. The molecule has 0 aliphatic heterocycles. The molecule has 1 aliphatic carbocycles. The summed E-state index contributed by atoms with van der Waals surface area (Å²) >= 11 is 0. The molecule has 0 aromatic rings. The normalized spacial score (nSPS) is 24.1. The van der Waals surface area contributed by atoms with Gasteiger partial charge in [0, 0.05) is 0 Å². The van der Waals surface area contributed by atoms with E-state index >= 15 is 0 Å². The molecular formula is C13H22O4. The lowest BCUT2D eigenvalue weighted by atomic mass is 10.2. The minimum Gasteiger partial charge on any atom is -0.460 e. The summed E-state index contributed by atoms with van der Waals surface area (Å²) in [4.78, 5) is 23.3. The van der Waals surface area contributed by atoms with Crippen molar-refractivity contribution in [3.05, 3.63) is 0 Å². The van der Waals surface area contributed by atoms with Crippen molar-refractivity contribution < 1.29 is 19.1 Å². The Morgan fingerprint density at radius 3 is 1.35 bits per heavy atom. The van der Waals surface area contributed by atoms with Gasteiger partial charge in [-0.2, -0.15) is 0 Å². The molecule has 1 rings (SSSR count). The van der Waals surface area contributed by atoms with Gasteiger partial charge in [0.05, 0.1) is 11.8 Å². The van der Waals surface area contributed by atoms with Crippen LogP contribution in [0.2, 0.25) is 0 Å². The molecule has 98 valence electrons. The second-order valence-electron chi connectivity index (χ2n) is 6.52. The third kappa shape index (κ3) is 4.75. The van der Waals surface area contributed by atoms with Crippen LogP contribution < -0.4 is 0 Å². The van der Waals surface area contributed by atoms with E-state index in [2.05, 4.69) is 0 Å². The molecule has 4 nitrogen and oxygen atoms in total. The fraction of sp³-hybridized carbons (Fsp3) is 0.846. The predicted octanol–water partition coefficient (Wildman–Crippen LogP) is 2.31. The first kappa shape index (κ1) is 14.0. The summed E-state index contributed by atoms with van der Waals surface area (Å²) in [5.41, 5.74) is -1.00. The van der Waals surface area contributed by atoms with E-state index in [1.807, 2.05) is 41.5 Å². The van der Waals surface area contributed by atoms with Gasteiger partial charge in [0.1, 0.15) is 11.2 Å². The molecule has 4 heteroatoms. The Bertz CT molecular complexity index is 287. The van der Waals surface area contributed by atoms with Gasteiger partial charge in [0.15, 0.2) is 0 Å². The molecule has 0 heterocycles. The molecule has 1 saturated carbocycles. The van der Waals surface area contributed by atoms with Crippen LogP contribution in [0.4, 0.5) is 0 Å². The van der Waals surface area contributed by atoms with Gasteiger partial charge in [0.2, 0.25) is 0 Å². The number of carbonyl (C=O) groups is 2. The van der Waals surface area contributed by atoms with Gasteiger partial charge in [-0.1, -0.05) is 0 Å². The molecule has 0 saturated heterocycles. The molecule has 0 spiro atoms. The lowest BCUT2D eigenvalue weighted by molar-refractivity contribution is -0.163. The zero-order valence-electron chi connectivity index (χ0n) is 11.5. The lowest BCUT2D eigenvalue weighted by Gasteiger charge is -2.21. The zero-order valence-corrected chi connectivity index (χ0v) is 11.5. The zero-order chi connectivity index (χ0) is 13.4. The average Bonchev–Trinajstić information content (AvgIpc) is 2.74. The van der Waals surface area contributed by atoms with Gasteiger partial charge in [-0.3, -0.25) is 9.59 Å². The molecule has 2 atom stereocenters. The van der Waals surface area contributed by atoms with Crippen LogP contribution in [-0.4, -0.2) is 23.1 Å². The van der Waals surface area contributed by atoms with E-state index < -0.39 is 11.2 Å². The molecule has 0 radical (unpaired) electrons. The monoisotopic (exact) mass is 242 g/mol. The maximum atomic E-state index is 11.7. The summed E-state index contributed by atoms with van der Waals surface area (Å²) in [6.45, 7) is 10.9. The summed E-state index contributed by atoms with van der Waals surface area (Å²) < 4.78 is 10.5. The summed E-state index contributed by atoms with van der Waals surface area (Å²) in [6, 6.07) is 0. The molecule has 0 aromatic carbocycles. The van der Waals surface area contributed by atoms with E-state index in [9.17, 15) is 9.59 Å². The highest BCUT2D eigenvalue weighted by Crippen LogP contribution is 2.41. The van der Waals surface area contributed by atoms with Gasteiger partial charge in [-0.15, -0.1) is 0 Å². The molecular weight excluding hydrogens is 220 g/mol. The van der Waals surface area contributed by atoms with Crippen molar-refractivity contribution in [2.75, 3.05) is 0 Å². The summed E-state index contributed by atoms with van der Waals surface area (Å²) in [5, 5.41) is 0. The molecule has 0 unspecified atom stereocenters. The SMILES string of the molecule is CC(C)(C)OC(=O)[C@H]1C[C@H]1C(=O)OC(C)(C)C. The smallest absolute Gasteiger partial charge is 0.310 e. The number of ether oxygens (including phenoxy) is 2. The first-order valence-electron chi connectivity index (χ1n) is 5.95. The minimum absolute atomic E-state index is 0.298. The van der Waals surface area contributed by atoms with Crippen molar-refractivity contribution in [1.29, 1.82) is 0 Å². The van der Waals surface area contributed by atoms with Crippen LogP contribution in [-0.2, 0) is 19.1 Å². The minimum atomic E-state index is -0.502. The van der Waals surface area contributed by atoms with Gasteiger partial charge in [-0.05, 0) is 48.0 Å². The Balaban J connectivity index is 2.44. The molecule has 0 N–H and O–H groups in total. The standard InChI is InChI=1S/C13H22O4/c1-12(2,3)16-10(14)8-7-9(8)11(15)17-13(4,5)6/h8-9H,7H2,1-6H3/t8-,9+. The number of hydrogen-bond acceptors (Lipinski definition) is 4. The Morgan fingerprint density at radius 1 is 0.824 bits per heavy atom. The van der Waals surface area contributed by atoms with Crippen LogP contribution in [0.15, 0.2) is 0 Å². The van der Waals surface area contributed by atoms with Crippen LogP contribution in [0, 0.1) is 11.8 Å². The topological polar surface area (TPSA) is 52.6 Å². The summed E-state index contributed by atoms with van der Waals surface area (Å²) in [6.07, 6.45) is 0.545. The third-order valence-corrected chi connectivity index (χ3v) is 2.21. The molecule has 0 aromatic heterocycles. The van der Waals surface area contributed by atoms with E-state index in [4.69, 9.17) is 9.47 Å². The Kier molecular flexibility index (Phi) is 3.55. The molecule has 0 bridgehead atoms. The second-order valence-corrected chi connectivity index (χ2v) is 6.52.